The smallest absolute Gasteiger partial charge is 0.218 e. The minimum absolute atomic E-state index is 0.702. The molecule has 188 valence electrons. The number of hydrogen-bond donors (Lipinski definition) is 1. The summed E-state index contributed by atoms with van der Waals surface area (Å²) < 4.78 is 7.70. The Balaban J connectivity index is 1.10. The number of ether oxygens (including phenoxy) is 1. The molecule has 8 heteroatoms. The van der Waals surface area contributed by atoms with Crippen LogP contribution in [0, 0.1) is 0 Å². The second-order valence-corrected chi connectivity index (χ2v) is 10.5. The molecule has 7 nitrogen and oxygen atoms in total. The molecule has 1 N–H and O–H groups in total. The molecule has 0 spiro atoms. The monoisotopic (exact) mass is 494 g/mol. The van der Waals surface area contributed by atoms with Crippen molar-refractivity contribution in [2.24, 2.45) is 0 Å². The van der Waals surface area contributed by atoms with E-state index in [9.17, 15) is 0 Å². The molecule has 35 heavy (non-hydrogen) atoms. The van der Waals surface area contributed by atoms with E-state index < -0.39 is 0 Å². The first-order chi connectivity index (χ1) is 17.3. The summed E-state index contributed by atoms with van der Waals surface area (Å²) in [5.41, 5.74) is 2.52. The van der Waals surface area contributed by atoms with Gasteiger partial charge in [0.2, 0.25) is 10.3 Å². The van der Waals surface area contributed by atoms with E-state index in [1.165, 1.54) is 43.4 Å². The highest BCUT2D eigenvalue weighted by atomic mass is 32.1. The van der Waals surface area contributed by atoms with Gasteiger partial charge in [-0.15, -0.1) is 10.2 Å². The number of benzene rings is 1. The summed E-state index contributed by atoms with van der Waals surface area (Å²) in [6.07, 6.45) is 10.1. The molecule has 0 radical (unpaired) electrons. The Kier molecular flexibility index (Phi) is 8.33. The van der Waals surface area contributed by atoms with Crippen molar-refractivity contribution >= 4 is 16.5 Å². The molecule has 2 aliphatic rings. The molecule has 0 bridgehead atoms. The van der Waals surface area contributed by atoms with Crippen LogP contribution in [0.5, 0.6) is 5.75 Å². The highest BCUT2D eigenvalue weighted by Crippen LogP contribution is 2.28. The van der Waals surface area contributed by atoms with Gasteiger partial charge < -0.3 is 15.0 Å². The van der Waals surface area contributed by atoms with Gasteiger partial charge in [-0.3, -0.25) is 9.47 Å². The van der Waals surface area contributed by atoms with Crippen LogP contribution < -0.4 is 15.0 Å². The molecule has 1 aliphatic carbocycles. The van der Waals surface area contributed by atoms with Crippen molar-refractivity contribution < 1.29 is 4.74 Å². The standard InChI is InChI=1S/C27H38N6OS/c1-2-34-25-12-10-22(11-13-25)14-15-28-21-24-9-6-16-33(24)27-30-29-26(35-27)32-19-17-31(18-20-32)23-7-4-3-5-8-23/h6,9-13,16,23,28H,2-5,7-8,14-15,17-21H2,1H3. The molecule has 1 aliphatic heterocycles. The first-order valence-corrected chi connectivity index (χ1v) is 14.0. The predicted octanol–water partition coefficient (Wildman–Crippen LogP) is 4.51. The number of anilines is 1. The number of aromatic nitrogens is 3. The fraction of sp³-hybridized carbons (Fsp3) is 0.556. The third-order valence-electron chi connectivity index (χ3n) is 7.25. The van der Waals surface area contributed by atoms with Crippen molar-refractivity contribution in [1.82, 2.24) is 25.0 Å². The van der Waals surface area contributed by atoms with Crippen LogP contribution >= 0.6 is 11.3 Å². The average Bonchev–Trinajstić information content (AvgIpc) is 3.58. The third kappa shape index (κ3) is 6.23. The van der Waals surface area contributed by atoms with E-state index in [1.807, 2.05) is 19.1 Å². The lowest BCUT2D eigenvalue weighted by Gasteiger charge is -2.40. The Labute approximate surface area is 213 Å². The molecule has 1 aromatic carbocycles. The maximum absolute atomic E-state index is 5.53. The third-order valence-corrected chi connectivity index (χ3v) is 8.23. The number of piperazine rings is 1. The molecule has 0 amide bonds. The highest BCUT2D eigenvalue weighted by Gasteiger charge is 2.26. The lowest BCUT2D eigenvalue weighted by Crippen LogP contribution is -2.50. The van der Waals surface area contributed by atoms with Crippen molar-refractivity contribution in [2.45, 2.75) is 58.0 Å². The fourth-order valence-electron chi connectivity index (χ4n) is 5.27. The van der Waals surface area contributed by atoms with Gasteiger partial charge >= 0.3 is 0 Å². The molecule has 5 rings (SSSR count). The topological polar surface area (TPSA) is 58.5 Å². The van der Waals surface area contributed by atoms with Gasteiger partial charge in [0.1, 0.15) is 5.75 Å². The predicted molar refractivity (Wildman–Crippen MR) is 143 cm³/mol. The number of hydrogen-bond acceptors (Lipinski definition) is 7. The van der Waals surface area contributed by atoms with Crippen molar-refractivity contribution in [3.63, 3.8) is 0 Å². The van der Waals surface area contributed by atoms with Crippen LogP contribution in [-0.4, -0.2) is 65.0 Å². The Morgan fingerprint density at radius 3 is 2.51 bits per heavy atom. The second kappa shape index (κ2) is 12.0. The summed E-state index contributed by atoms with van der Waals surface area (Å²) in [4.78, 5) is 5.12. The maximum atomic E-state index is 5.53. The SMILES string of the molecule is CCOc1ccc(CCNCc2cccn2-c2nnc(N3CCN(C4CCCCC4)CC3)s2)cc1. The fourth-order valence-corrected chi connectivity index (χ4v) is 6.19. The highest BCUT2D eigenvalue weighted by molar-refractivity contribution is 7.17. The van der Waals surface area contributed by atoms with Gasteiger partial charge in [0.15, 0.2) is 0 Å². The molecule has 2 fully saturated rings. The van der Waals surface area contributed by atoms with Gasteiger partial charge in [-0.25, -0.2) is 0 Å². The molecular formula is C27H38N6OS. The van der Waals surface area contributed by atoms with E-state index in [0.717, 1.165) is 67.7 Å². The van der Waals surface area contributed by atoms with E-state index in [1.54, 1.807) is 11.3 Å². The van der Waals surface area contributed by atoms with E-state index in [0.29, 0.717) is 6.61 Å². The number of nitrogens with one attached hydrogen (secondary N) is 1. The van der Waals surface area contributed by atoms with Crippen LogP contribution in [0.4, 0.5) is 5.13 Å². The summed E-state index contributed by atoms with van der Waals surface area (Å²) >= 11 is 1.70. The van der Waals surface area contributed by atoms with Gasteiger partial charge in [-0.2, -0.15) is 0 Å². The Morgan fingerprint density at radius 2 is 1.74 bits per heavy atom. The van der Waals surface area contributed by atoms with Gasteiger partial charge in [0, 0.05) is 50.7 Å². The van der Waals surface area contributed by atoms with Gasteiger partial charge in [-0.05, 0) is 62.6 Å². The molecule has 3 heterocycles. The first kappa shape index (κ1) is 24.3. The number of nitrogens with zero attached hydrogens (tertiary/aromatic N) is 5. The zero-order valence-corrected chi connectivity index (χ0v) is 21.7. The van der Waals surface area contributed by atoms with Crippen LogP contribution in [0.1, 0.15) is 50.3 Å². The first-order valence-electron chi connectivity index (χ1n) is 13.2. The minimum Gasteiger partial charge on any atom is -0.494 e. The Morgan fingerprint density at radius 1 is 0.971 bits per heavy atom. The zero-order chi connectivity index (χ0) is 23.9. The van der Waals surface area contributed by atoms with Crippen LogP contribution in [0.3, 0.4) is 0 Å². The normalized spacial score (nSPS) is 17.7. The Hall–Kier alpha value is -2.42. The van der Waals surface area contributed by atoms with Crippen LogP contribution in [0.2, 0.25) is 0 Å². The largest absolute Gasteiger partial charge is 0.494 e. The second-order valence-electron chi connectivity index (χ2n) is 9.56. The summed E-state index contributed by atoms with van der Waals surface area (Å²) in [5.74, 6) is 0.935. The van der Waals surface area contributed by atoms with E-state index in [2.05, 4.69) is 60.3 Å². The quantitative estimate of drug-likeness (QED) is 0.419. The molecule has 1 saturated heterocycles. The lowest BCUT2D eigenvalue weighted by molar-refractivity contribution is 0.148. The van der Waals surface area contributed by atoms with Gasteiger partial charge in [0.25, 0.3) is 0 Å². The van der Waals surface area contributed by atoms with Crippen molar-refractivity contribution in [2.75, 3.05) is 44.2 Å². The molecule has 0 unspecified atom stereocenters. The molecule has 0 atom stereocenters. The number of rotatable bonds is 10. The van der Waals surface area contributed by atoms with Crippen LogP contribution in [0.15, 0.2) is 42.6 Å². The zero-order valence-electron chi connectivity index (χ0n) is 20.9. The Bertz CT molecular complexity index is 1030. The molecular weight excluding hydrogens is 456 g/mol. The van der Waals surface area contributed by atoms with Crippen LogP contribution in [0.25, 0.3) is 5.13 Å². The van der Waals surface area contributed by atoms with E-state index in [-0.39, 0.29) is 0 Å². The van der Waals surface area contributed by atoms with E-state index in [4.69, 9.17) is 4.74 Å². The maximum Gasteiger partial charge on any atom is 0.218 e. The molecule has 2 aromatic heterocycles. The summed E-state index contributed by atoms with van der Waals surface area (Å²) in [6, 6.07) is 13.4. The van der Waals surface area contributed by atoms with Gasteiger partial charge in [0.05, 0.1) is 6.61 Å². The van der Waals surface area contributed by atoms with Crippen molar-refractivity contribution in [3.8, 4) is 10.9 Å². The summed E-state index contributed by atoms with van der Waals surface area (Å²) in [7, 11) is 0. The van der Waals surface area contributed by atoms with E-state index >= 15 is 0 Å². The minimum atomic E-state index is 0.702. The summed E-state index contributed by atoms with van der Waals surface area (Å²) in [5, 5.41) is 14.7. The van der Waals surface area contributed by atoms with Crippen molar-refractivity contribution in [1.29, 1.82) is 0 Å². The van der Waals surface area contributed by atoms with Crippen LogP contribution in [-0.2, 0) is 13.0 Å². The van der Waals surface area contributed by atoms with Crippen molar-refractivity contribution in [3.05, 3.63) is 53.9 Å². The van der Waals surface area contributed by atoms with Gasteiger partial charge in [-0.1, -0.05) is 42.7 Å². The average molecular weight is 495 g/mol. The molecule has 3 aromatic rings. The summed E-state index contributed by atoms with van der Waals surface area (Å²) in [6.45, 7) is 8.83. The lowest BCUT2D eigenvalue weighted by atomic mass is 9.94. The molecule has 1 saturated carbocycles.